The minimum absolute atomic E-state index is 0.188. The van der Waals surface area contributed by atoms with Crippen LogP contribution in [0.1, 0.15) is 22.7 Å². The molecule has 0 saturated carbocycles. The highest BCUT2D eigenvalue weighted by atomic mass is 32.1. The van der Waals surface area contributed by atoms with Crippen LogP contribution in [0.5, 0.6) is 5.75 Å². The zero-order chi connectivity index (χ0) is 30.2. The van der Waals surface area contributed by atoms with Gasteiger partial charge >= 0.3 is 0 Å². The van der Waals surface area contributed by atoms with E-state index in [4.69, 9.17) is 14.7 Å². The van der Waals surface area contributed by atoms with Gasteiger partial charge in [-0.05, 0) is 63.7 Å². The predicted molar refractivity (Wildman–Crippen MR) is 174 cm³/mol. The number of aryl methyl sites for hydroxylation is 2. The number of fused-ring (bicyclic) bond motifs is 1. The Hall–Kier alpha value is -4.46. The van der Waals surface area contributed by atoms with Gasteiger partial charge in [-0.2, -0.15) is 4.98 Å². The van der Waals surface area contributed by atoms with Crippen LogP contribution >= 0.6 is 22.7 Å². The fraction of sp³-hybridized carbons (Fsp3) is 0.290. The molecule has 1 aliphatic heterocycles. The first-order chi connectivity index (χ1) is 21.4. The summed E-state index contributed by atoms with van der Waals surface area (Å²) in [6.45, 7) is 4.31. The van der Waals surface area contributed by atoms with Crippen molar-refractivity contribution in [1.29, 1.82) is 0 Å². The van der Waals surface area contributed by atoms with Crippen molar-refractivity contribution in [1.82, 2.24) is 39.0 Å². The molecule has 0 radical (unpaired) electrons. The van der Waals surface area contributed by atoms with E-state index in [2.05, 4.69) is 32.2 Å². The summed E-state index contributed by atoms with van der Waals surface area (Å²) in [5.41, 5.74) is 2.28. The summed E-state index contributed by atoms with van der Waals surface area (Å²) in [6, 6.07) is 9.64. The lowest BCUT2D eigenvalue weighted by Gasteiger charge is -2.30. The van der Waals surface area contributed by atoms with Gasteiger partial charge < -0.3 is 19.5 Å². The number of ether oxygens (including phenoxy) is 1. The maximum atomic E-state index is 14.1. The van der Waals surface area contributed by atoms with Crippen LogP contribution in [0.2, 0.25) is 0 Å². The van der Waals surface area contributed by atoms with Gasteiger partial charge in [-0.1, -0.05) is 0 Å². The molecule has 13 heteroatoms. The molecule has 1 saturated heterocycles. The molecular weight excluding hydrogens is 595 g/mol. The van der Waals surface area contributed by atoms with Crippen LogP contribution in [-0.2, 0) is 13.6 Å². The van der Waals surface area contributed by atoms with Crippen LogP contribution in [-0.4, -0.2) is 65.2 Å². The molecule has 44 heavy (non-hydrogen) atoms. The van der Waals surface area contributed by atoms with E-state index >= 15 is 0 Å². The standard InChI is InChI=1S/C31H31N9O2S2/c1-19-26(36-29(44-19)28-33-10-13-39(28)3)24-15-20-16-34-31(37-27(20)40(30(24)41)18-25-32-11-14-43-25)35-21-6-8-22(9-7-21)42-23-5-4-12-38(2)17-23/h6-11,13-16,23H,4-5,12,17-18H2,1-3H3,(H,34,35,37). The molecular formula is C31H31N9O2S2. The number of nitrogens with zero attached hydrogens (tertiary/aromatic N) is 8. The van der Waals surface area contributed by atoms with E-state index in [0.29, 0.717) is 22.9 Å². The molecule has 0 amide bonds. The van der Waals surface area contributed by atoms with Crippen LogP contribution in [0.4, 0.5) is 11.6 Å². The number of anilines is 2. The monoisotopic (exact) mass is 625 g/mol. The van der Waals surface area contributed by atoms with Crippen molar-refractivity contribution in [3.8, 4) is 27.8 Å². The van der Waals surface area contributed by atoms with E-state index in [1.807, 2.05) is 60.4 Å². The second-order valence-corrected chi connectivity index (χ2v) is 13.1. The smallest absolute Gasteiger partial charge is 0.262 e. The van der Waals surface area contributed by atoms with Gasteiger partial charge in [-0.15, -0.1) is 22.7 Å². The molecule has 5 aromatic heterocycles. The average Bonchev–Trinajstić information content (AvgIpc) is 3.77. The van der Waals surface area contributed by atoms with E-state index in [0.717, 1.165) is 63.5 Å². The van der Waals surface area contributed by atoms with Gasteiger partial charge in [-0.25, -0.2) is 19.9 Å². The third-order valence-electron chi connectivity index (χ3n) is 7.66. The quantitative estimate of drug-likeness (QED) is 0.239. The SMILES string of the molecule is Cc1sc(-c2nccn2C)nc1-c1cc2cnc(Nc3ccc(OC4CCCN(C)C4)cc3)nc2n(Cc2nccs2)c1=O. The van der Waals surface area contributed by atoms with Crippen LogP contribution < -0.4 is 15.6 Å². The second-order valence-electron chi connectivity index (χ2n) is 10.9. The van der Waals surface area contributed by atoms with E-state index < -0.39 is 0 Å². The predicted octanol–water partition coefficient (Wildman–Crippen LogP) is 5.35. The maximum absolute atomic E-state index is 14.1. The Bertz CT molecular complexity index is 1980. The lowest BCUT2D eigenvalue weighted by molar-refractivity contribution is 0.104. The number of imidazole rings is 1. The minimum atomic E-state index is -0.188. The number of piperidine rings is 1. The average molecular weight is 626 g/mol. The summed E-state index contributed by atoms with van der Waals surface area (Å²) in [5, 5.41) is 7.48. The zero-order valence-electron chi connectivity index (χ0n) is 24.6. The summed E-state index contributed by atoms with van der Waals surface area (Å²) in [5.74, 6) is 1.99. The van der Waals surface area contributed by atoms with Gasteiger partial charge in [0.2, 0.25) is 5.95 Å². The Morgan fingerprint density at radius 2 is 1.95 bits per heavy atom. The first kappa shape index (κ1) is 28.3. The van der Waals surface area contributed by atoms with Gasteiger partial charge in [0.15, 0.2) is 10.8 Å². The van der Waals surface area contributed by atoms with E-state index in [9.17, 15) is 4.79 Å². The van der Waals surface area contributed by atoms with Crippen molar-refractivity contribution in [3.05, 3.63) is 80.7 Å². The molecule has 0 spiro atoms. The van der Waals surface area contributed by atoms with Crippen molar-refractivity contribution < 1.29 is 4.74 Å². The third kappa shape index (κ3) is 5.73. The molecule has 0 bridgehead atoms. The van der Waals surface area contributed by atoms with E-state index in [1.54, 1.807) is 23.2 Å². The summed E-state index contributed by atoms with van der Waals surface area (Å²) >= 11 is 3.01. The highest BCUT2D eigenvalue weighted by Gasteiger charge is 2.21. The van der Waals surface area contributed by atoms with Gasteiger partial charge in [-0.3, -0.25) is 9.36 Å². The lowest BCUT2D eigenvalue weighted by atomic mass is 10.1. The summed E-state index contributed by atoms with van der Waals surface area (Å²) < 4.78 is 9.78. The number of nitrogens with one attached hydrogen (secondary N) is 1. The van der Waals surface area contributed by atoms with Crippen molar-refractivity contribution >= 4 is 45.3 Å². The van der Waals surface area contributed by atoms with Crippen molar-refractivity contribution in [3.63, 3.8) is 0 Å². The van der Waals surface area contributed by atoms with Crippen molar-refractivity contribution in [2.45, 2.75) is 32.4 Å². The molecule has 1 unspecified atom stereocenters. The Morgan fingerprint density at radius 3 is 2.70 bits per heavy atom. The minimum Gasteiger partial charge on any atom is -0.489 e. The van der Waals surface area contributed by atoms with Crippen LogP contribution in [0.3, 0.4) is 0 Å². The molecule has 1 aromatic carbocycles. The molecule has 7 rings (SSSR count). The zero-order valence-corrected chi connectivity index (χ0v) is 26.2. The highest BCUT2D eigenvalue weighted by molar-refractivity contribution is 7.15. The number of likely N-dealkylation sites (N-methyl/N-ethyl adjacent to an activating group) is 1. The summed E-state index contributed by atoms with van der Waals surface area (Å²) in [6.07, 6.45) is 9.50. The highest BCUT2D eigenvalue weighted by Crippen LogP contribution is 2.32. The largest absolute Gasteiger partial charge is 0.489 e. The molecule has 11 nitrogen and oxygen atoms in total. The molecule has 224 valence electrons. The Balaban J connectivity index is 1.21. The van der Waals surface area contributed by atoms with Crippen molar-refractivity contribution in [2.75, 3.05) is 25.5 Å². The fourth-order valence-electron chi connectivity index (χ4n) is 5.47. The Labute approximate surface area is 261 Å². The van der Waals surface area contributed by atoms with Gasteiger partial charge in [0.1, 0.15) is 22.5 Å². The fourth-order valence-corrected chi connectivity index (χ4v) is 7.04. The van der Waals surface area contributed by atoms with E-state index in [1.165, 1.54) is 22.7 Å². The van der Waals surface area contributed by atoms with Gasteiger partial charge in [0, 0.05) is 59.7 Å². The first-order valence-electron chi connectivity index (χ1n) is 14.4. The van der Waals surface area contributed by atoms with Crippen LogP contribution in [0.25, 0.3) is 33.1 Å². The molecule has 1 aliphatic rings. The topological polar surface area (TPSA) is 116 Å². The number of benzene rings is 1. The Morgan fingerprint density at radius 1 is 1.09 bits per heavy atom. The molecule has 0 aliphatic carbocycles. The van der Waals surface area contributed by atoms with Gasteiger partial charge in [0.05, 0.1) is 17.8 Å². The summed E-state index contributed by atoms with van der Waals surface area (Å²) in [7, 11) is 4.06. The van der Waals surface area contributed by atoms with Crippen LogP contribution in [0.15, 0.2) is 65.3 Å². The third-order valence-corrected chi connectivity index (χ3v) is 9.39. The summed E-state index contributed by atoms with van der Waals surface area (Å²) in [4.78, 5) is 40.4. The first-order valence-corrected chi connectivity index (χ1v) is 16.1. The number of thiazole rings is 2. The maximum Gasteiger partial charge on any atom is 0.262 e. The molecule has 1 fully saturated rings. The Kier molecular flexibility index (Phi) is 7.66. The second kappa shape index (κ2) is 11.9. The molecule has 6 heterocycles. The van der Waals surface area contributed by atoms with Gasteiger partial charge in [0.25, 0.3) is 5.56 Å². The van der Waals surface area contributed by atoms with E-state index in [-0.39, 0.29) is 18.2 Å². The normalized spacial score (nSPS) is 15.6. The number of aromatic nitrogens is 7. The molecule has 1 atom stereocenters. The number of rotatable bonds is 8. The number of hydrogen-bond donors (Lipinski definition) is 1. The molecule has 1 N–H and O–H groups in total. The number of likely N-dealkylation sites (tertiary alicyclic amines) is 1. The van der Waals surface area contributed by atoms with Crippen molar-refractivity contribution in [2.24, 2.45) is 7.05 Å². The number of hydrogen-bond acceptors (Lipinski definition) is 11. The number of pyridine rings is 1. The van der Waals surface area contributed by atoms with Crippen LogP contribution in [0, 0.1) is 6.92 Å². The lowest BCUT2D eigenvalue weighted by Crippen LogP contribution is -2.38. The molecule has 6 aromatic rings.